The fourth-order valence-corrected chi connectivity index (χ4v) is 2.37. The maximum atomic E-state index is 11.8. The molecular formula is C20H25N3O2. The molecule has 2 amide bonds. The number of amides is 2. The molecule has 132 valence electrons. The van der Waals surface area contributed by atoms with E-state index in [1.165, 1.54) is 5.56 Å². The van der Waals surface area contributed by atoms with Crippen molar-refractivity contribution in [3.8, 4) is 0 Å². The van der Waals surface area contributed by atoms with Crippen LogP contribution in [-0.2, 0) is 16.0 Å². The van der Waals surface area contributed by atoms with Crippen LogP contribution in [0.5, 0.6) is 0 Å². The van der Waals surface area contributed by atoms with E-state index in [-0.39, 0.29) is 18.4 Å². The zero-order chi connectivity index (χ0) is 17.9. The number of anilines is 2. The van der Waals surface area contributed by atoms with Crippen LogP contribution >= 0.6 is 0 Å². The van der Waals surface area contributed by atoms with Crippen molar-refractivity contribution in [2.24, 2.45) is 0 Å². The maximum Gasteiger partial charge on any atom is 0.243 e. The van der Waals surface area contributed by atoms with Crippen LogP contribution in [-0.4, -0.2) is 24.9 Å². The largest absolute Gasteiger partial charge is 0.385 e. The Labute approximate surface area is 148 Å². The van der Waals surface area contributed by atoms with E-state index < -0.39 is 0 Å². The molecule has 0 aliphatic carbocycles. The molecule has 0 radical (unpaired) electrons. The van der Waals surface area contributed by atoms with Crippen molar-refractivity contribution >= 4 is 23.2 Å². The molecule has 0 saturated heterocycles. The Morgan fingerprint density at radius 3 is 2.24 bits per heavy atom. The van der Waals surface area contributed by atoms with Gasteiger partial charge < -0.3 is 16.0 Å². The highest BCUT2D eigenvalue weighted by Gasteiger charge is 2.05. The zero-order valence-corrected chi connectivity index (χ0v) is 14.5. The fourth-order valence-electron chi connectivity index (χ4n) is 2.37. The maximum absolute atomic E-state index is 11.8. The van der Waals surface area contributed by atoms with Crippen molar-refractivity contribution in [2.45, 2.75) is 26.2 Å². The van der Waals surface area contributed by atoms with Gasteiger partial charge in [-0.05, 0) is 42.7 Å². The van der Waals surface area contributed by atoms with Crippen LogP contribution in [0.4, 0.5) is 11.4 Å². The zero-order valence-electron chi connectivity index (χ0n) is 14.5. The molecule has 0 atom stereocenters. The lowest BCUT2D eigenvalue weighted by Crippen LogP contribution is -2.32. The van der Waals surface area contributed by atoms with Crippen LogP contribution in [0.15, 0.2) is 54.6 Å². The molecule has 0 aliphatic rings. The average molecular weight is 339 g/mol. The number of carbonyl (C=O) groups excluding carboxylic acids is 2. The molecule has 3 N–H and O–H groups in total. The number of rotatable bonds is 9. The monoisotopic (exact) mass is 339 g/mol. The smallest absolute Gasteiger partial charge is 0.243 e. The molecule has 2 rings (SSSR count). The predicted molar refractivity (Wildman–Crippen MR) is 102 cm³/mol. The van der Waals surface area contributed by atoms with Gasteiger partial charge in [-0.1, -0.05) is 37.3 Å². The first-order valence-corrected chi connectivity index (χ1v) is 8.62. The number of carbonyl (C=O) groups is 2. The second-order valence-electron chi connectivity index (χ2n) is 5.81. The Bertz CT molecular complexity index is 669. The van der Waals surface area contributed by atoms with Crippen LogP contribution in [0.1, 0.15) is 25.3 Å². The van der Waals surface area contributed by atoms with Gasteiger partial charge in [0.15, 0.2) is 0 Å². The quantitative estimate of drug-likeness (QED) is 0.657. The lowest BCUT2D eigenvalue weighted by molar-refractivity contribution is -0.124. The van der Waals surface area contributed by atoms with E-state index in [0.717, 1.165) is 25.1 Å². The Balaban J connectivity index is 1.72. The Kier molecular flexibility index (Phi) is 7.50. The molecule has 0 unspecified atom stereocenters. The minimum absolute atomic E-state index is 0.00406. The molecule has 2 aromatic carbocycles. The minimum atomic E-state index is -0.228. The van der Waals surface area contributed by atoms with Crippen molar-refractivity contribution < 1.29 is 9.59 Å². The van der Waals surface area contributed by atoms with Gasteiger partial charge in [-0.25, -0.2) is 0 Å². The van der Waals surface area contributed by atoms with Crippen molar-refractivity contribution in [1.29, 1.82) is 0 Å². The van der Waals surface area contributed by atoms with Gasteiger partial charge in [0.1, 0.15) is 0 Å². The summed E-state index contributed by atoms with van der Waals surface area (Å²) in [5.41, 5.74) is 3.01. The summed E-state index contributed by atoms with van der Waals surface area (Å²) in [4.78, 5) is 23.1. The SMILES string of the molecule is CCCC(=O)NCC(=O)Nc1ccc(NCCc2ccccc2)cc1. The van der Waals surface area contributed by atoms with Gasteiger partial charge in [-0.15, -0.1) is 0 Å². The molecule has 0 aromatic heterocycles. The van der Waals surface area contributed by atoms with Crippen molar-refractivity contribution in [1.82, 2.24) is 5.32 Å². The minimum Gasteiger partial charge on any atom is -0.385 e. The molecule has 5 nitrogen and oxygen atoms in total. The molecule has 0 aliphatic heterocycles. The van der Waals surface area contributed by atoms with Gasteiger partial charge in [-0.3, -0.25) is 9.59 Å². The standard InChI is InChI=1S/C20H25N3O2/c1-2-6-19(24)22-15-20(25)23-18-11-9-17(10-12-18)21-14-13-16-7-4-3-5-8-16/h3-5,7-12,21H,2,6,13-15H2,1H3,(H,22,24)(H,23,25). The van der Waals surface area contributed by atoms with Gasteiger partial charge >= 0.3 is 0 Å². The molecule has 2 aromatic rings. The molecule has 0 saturated carbocycles. The normalized spacial score (nSPS) is 10.1. The van der Waals surface area contributed by atoms with E-state index in [1.54, 1.807) is 0 Å². The first-order chi connectivity index (χ1) is 12.2. The average Bonchev–Trinajstić information content (AvgIpc) is 2.63. The highest BCUT2D eigenvalue weighted by atomic mass is 16.2. The Hall–Kier alpha value is -2.82. The topological polar surface area (TPSA) is 70.2 Å². The van der Waals surface area contributed by atoms with Gasteiger partial charge in [0.2, 0.25) is 11.8 Å². The van der Waals surface area contributed by atoms with E-state index in [0.29, 0.717) is 12.1 Å². The third kappa shape index (κ3) is 7.08. The van der Waals surface area contributed by atoms with Crippen LogP contribution in [0.2, 0.25) is 0 Å². The summed E-state index contributed by atoms with van der Waals surface area (Å²) in [7, 11) is 0. The van der Waals surface area contributed by atoms with Crippen LogP contribution in [0, 0.1) is 0 Å². The van der Waals surface area contributed by atoms with Gasteiger partial charge in [0.05, 0.1) is 6.54 Å². The number of hydrogen-bond acceptors (Lipinski definition) is 3. The molecule has 5 heteroatoms. The molecule has 25 heavy (non-hydrogen) atoms. The lowest BCUT2D eigenvalue weighted by Gasteiger charge is -2.09. The van der Waals surface area contributed by atoms with Crippen LogP contribution in [0.3, 0.4) is 0 Å². The number of nitrogens with one attached hydrogen (secondary N) is 3. The first-order valence-electron chi connectivity index (χ1n) is 8.62. The Morgan fingerprint density at radius 1 is 0.880 bits per heavy atom. The molecule has 0 fully saturated rings. The van der Waals surface area contributed by atoms with Gasteiger partial charge in [0, 0.05) is 24.3 Å². The van der Waals surface area contributed by atoms with E-state index in [1.807, 2.05) is 49.4 Å². The number of benzene rings is 2. The lowest BCUT2D eigenvalue weighted by atomic mass is 10.1. The molecule has 0 bridgehead atoms. The van der Waals surface area contributed by atoms with E-state index >= 15 is 0 Å². The molecular weight excluding hydrogens is 314 g/mol. The van der Waals surface area contributed by atoms with Gasteiger partial charge in [-0.2, -0.15) is 0 Å². The van der Waals surface area contributed by atoms with Crippen LogP contribution < -0.4 is 16.0 Å². The highest BCUT2D eigenvalue weighted by Crippen LogP contribution is 2.13. The van der Waals surface area contributed by atoms with Crippen LogP contribution in [0.25, 0.3) is 0 Å². The van der Waals surface area contributed by atoms with Crippen molar-refractivity contribution in [2.75, 3.05) is 23.7 Å². The Morgan fingerprint density at radius 2 is 1.56 bits per heavy atom. The van der Waals surface area contributed by atoms with E-state index in [9.17, 15) is 9.59 Å². The fraction of sp³-hybridized carbons (Fsp3) is 0.300. The van der Waals surface area contributed by atoms with Gasteiger partial charge in [0.25, 0.3) is 0 Å². The van der Waals surface area contributed by atoms with Crippen molar-refractivity contribution in [3.63, 3.8) is 0 Å². The summed E-state index contributed by atoms with van der Waals surface area (Å²) in [6, 6.07) is 17.9. The summed E-state index contributed by atoms with van der Waals surface area (Å²) < 4.78 is 0. The van der Waals surface area contributed by atoms with E-state index in [2.05, 4.69) is 28.1 Å². The second kappa shape index (κ2) is 10.1. The summed E-state index contributed by atoms with van der Waals surface area (Å²) >= 11 is 0. The third-order valence-electron chi connectivity index (χ3n) is 3.68. The summed E-state index contributed by atoms with van der Waals surface area (Å²) in [5, 5.41) is 8.72. The summed E-state index contributed by atoms with van der Waals surface area (Å²) in [6.07, 6.45) is 2.17. The molecule has 0 heterocycles. The van der Waals surface area contributed by atoms with E-state index in [4.69, 9.17) is 0 Å². The van der Waals surface area contributed by atoms with Crippen molar-refractivity contribution in [3.05, 3.63) is 60.2 Å². The summed E-state index contributed by atoms with van der Waals surface area (Å²) in [5.74, 6) is -0.329. The summed E-state index contributed by atoms with van der Waals surface area (Å²) in [6.45, 7) is 2.77. The first kappa shape index (κ1) is 18.5. The second-order valence-corrected chi connectivity index (χ2v) is 5.81. The predicted octanol–water partition coefficient (Wildman–Crippen LogP) is 3.20. The molecule has 0 spiro atoms. The highest BCUT2D eigenvalue weighted by molar-refractivity contribution is 5.94. The third-order valence-corrected chi connectivity index (χ3v) is 3.68. The number of hydrogen-bond donors (Lipinski definition) is 3.